The number of anilines is 1. The molecule has 0 saturated heterocycles. The Hall–Kier alpha value is -2.09. The molecule has 1 amide bonds. The number of rotatable bonds is 19. The van der Waals surface area contributed by atoms with Crippen molar-refractivity contribution in [3.63, 3.8) is 0 Å². The van der Waals surface area contributed by atoms with Crippen LogP contribution in [0.1, 0.15) is 140 Å². The first-order chi connectivity index (χ1) is 18.5. The maximum Gasteiger partial charge on any atom is 0.227 e. The van der Waals surface area contributed by atoms with Gasteiger partial charge in [0.2, 0.25) is 5.91 Å². The fourth-order valence-corrected chi connectivity index (χ4v) is 6.17. The summed E-state index contributed by atoms with van der Waals surface area (Å²) >= 11 is 0. The van der Waals surface area contributed by atoms with Crippen molar-refractivity contribution in [2.24, 2.45) is 0 Å². The normalized spacial score (nSPS) is 16.7. The van der Waals surface area contributed by atoms with Crippen LogP contribution in [-0.4, -0.2) is 12.5 Å². The number of fused-ring (bicyclic) bond motifs is 1. The minimum atomic E-state index is 0.0158. The van der Waals surface area contributed by atoms with Crippen molar-refractivity contribution < 1.29 is 4.79 Å². The van der Waals surface area contributed by atoms with Crippen LogP contribution in [0.3, 0.4) is 0 Å². The lowest BCUT2D eigenvalue weighted by atomic mass is 9.79. The van der Waals surface area contributed by atoms with Crippen LogP contribution in [0.15, 0.2) is 48.5 Å². The number of amides is 1. The minimum Gasteiger partial charge on any atom is -0.311 e. The van der Waals surface area contributed by atoms with E-state index in [4.69, 9.17) is 0 Å². The molecule has 0 saturated carbocycles. The van der Waals surface area contributed by atoms with Crippen LogP contribution in [0.5, 0.6) is 0 Å². The van der Waals surface area contributed by atoms with Gasteiger partial charge in [-0.25, -0.2) is 0 Å². The molecule has 1 unspecified atom stereocenters. The number of benzene rings is 2. The zero-order chi connectivity index (χ0) is 27.1. The Morgan fingerprint density at radius 1 is 0.763 bits per heavy atom. The first-order valence-corrected chi connectivity index (χ1v) is 16.0. The lowest BCUT2D eigenvalue weighted by Gasteiger charge is -2.26. The summed E-state index contributed by atoms with van der Waals surface area (Å²) in [6, 6.07) is 17.4. The molecular weight excluding hydrogens is 462 g/mol. The van der Waals surface area contributed by atoms with Gasteiger partial charge in [0.05, 0.1) is 0 Å². The third-order valence-corrected chi connectivity index (χ3v) is 8.70. The van der Waals surface area contributed by atoms with Crippen LogP contribution >= 0.6 is 0 Å². The molecule has 1 atom stereocenters. The Morgan fingerprint density at radius 3 is 1.89 bits per heavy atom. The molecule has 1 heterocycles. The first kappa shape index (κ1) is 30.5. The van der Waals surface area contributed by atoms with Gasteiger partial charge >= 0.3 is 0 Å². The first-order valence-electron chi connectivity index (χ1n) is 16.0. The van der Waals surface area contributed by atoms with Gasteiger partial charge in [-0.1, -0.05) is 152 Å². The largest absolute Gasteiger partial charge is 0.311 e. The molecule has 2 heteroatoms. The molecule has 0 aromatic heterocycles. The highest BCUT2D eigenvalue weighted by Gasteiger charge is 2.40. The van der Waals surface area contributed by atoms with Crippen LogP contribution in [-0.2, 0) is 16.6 Å². The van der Waals surface area contributed by atoms with Crippen LogP contribution < -0.4 is 4.90 Å². The average Bonchev–Trinajstić information content (AvgIpc) is 3.22. The summed E-state index contributed by atoms with van der Waals surface area (Å²) in [7, 11) is 0. The molecule has 1 aliphatic heterocycles. The summed E-state index contributed by atoms with van der Waals surface area (Å²) in [6.07, 6.45) is 23.1. The van der Waals surface area contributed by atoms with Gasteiger partial charge in [-0.15, -0.1) is 0 Å². The van der Waals surface area contributed by atoms with Crippen LogP contribution in [0.2, 0.25) is 0 Å². The summed E-state index contributed by atoms with van der Waals surface area (Å²) in [5.41, 5.74) is 5.19. The van der Waals surface area contributed by atoms with E-state index in [1.807, 2.05) is 0 Å². The quantitative estimate of drug-likeness (QED) is 0.170. The van der Waals surface area contributed by atoms with Crippen LogP contribution in [0.4, 0.5) is 5.69 Å². The number of aryl methyl sites for hydroxylation is 2. The number of carbonyl (C=O) groups is 1. The van der Waals surface area contributed by atoms with E-state index in [1.54, 1.807) is 0 Å². The van der Waals surface area contributed by atoms with E-state index in [1.165, 1.54) is 107 Å². The molecule has 2 aromatic rings. The molecule has 1 aliphatic rings. The monoisotopic (exact) mass is 517 g/mol. The smallest absolute Gasteiger partial charge is 0.227 e. The van der Waals surface area contributed by atoms with Crippen molar-refractivity contribution in [2.75, 3.05) is 11.4 Å². The molecule has 2 nitrogen and oxygen atoms in total. The number of nitrogens with zero attached hydrogens (tertiary/aromatic N) is 1. The number of hydrogen-bond donors (Lipinski definition) is 0. The van der Waals surface area contributed by atoms with E-state index < -0.39 is 0 Å². The molecule has 0 spiro atoms. The molecule has 0 fully saturated rings. The lowest BCUT2D eigenvalue weighted by molar-refractivity contribution is -0.118. The molecule has 210 valence electrons. The van der Waals surface area contributed by atoms with E-state index >= 15 is 0 Å². The third-order valence-electron chi connectivity index (χ3n) is 8.70. The van der Waals surface area contributed by atoms with Gasteiger partial charge < -0.3 is 4.90 Å². The fourth-order valence-electron chi connectivity index (χ4n) is 6.17. The third kappa shape index (κ3) is 9.90. The number of carbonyl (C=O) groups excluding carboxylic acids is 1. The molecule has 0 radical (unpaired) electrons. The second kappa shape index (κ2) is 16.8. The van der Waals surface area contributed by atoms with Crippen molar-refractivity contribution in [3.05, 3.63) is 65.2 Å². The molecule has 38 heavy (non-hydrogen) atoms. The second-order valence-electron chi connectivity index (χ2n) is 12.2. The molecule has 2 aromatic carbocycles. The number of unbranched alkanes of at least 4 members (excludes halogenated alkanes) is 14. The maximum absolute atomic E-state index is 13.3. The maximum atomic E-state index is 13.3. The van der Waals surface area contributed by atoms with E-state index in [9.17, 15) is 4.79 Å². The van der Waals surface area contributed by atoms with Crippen LogP contribution in [0.25, 0.3) is 0 Å². The van der Waals surface area contributed by atoms with Gasteiger partial charge in [0.15, 0.2) is 0 Å². The molecule has 0 N–H and O–H groups in total. The Bertz CT molecular complexity index is 936. The topological polar surface area (TPSA) is 20.3 Å². The predicted octanol–water partition coefficient (Wildman–Crippen LogP) is 10.5. The Balaban J connectivity index is 1.31. The van der Waals surface area contributed by atoms with E-state index in [-0.39, 0.29) is 5.41 Å². The number of hydrogen-bond acceptors (Lipinski definition) is 1. The summed E-state index contributed by atoms with van der Waals surface area (Å²) in [5, 5.41) is 0. The Kier molecular flexibility index (Phi) is 13.4. The zero-order valence-electron chi connectivity index (χ0n) is 24.9. The van der Waals surface area contributed by atoms with Crippen molar-refractivity contribution in [1.29, 1.82) is 0 Å². The van der Waals surface area contributed by atoms with E-state index in [0.717, 1.165) is 31.5 Å². The predicted molar refractivity (Wildman–Crippen MR) is 165 cm³/mol. The summed E-state index contributed by atoms with van der Waals surface area (Å²) in [4.78, 5) is 15.4. The molecule has 3 rings (SSSR count). The lowest BCUT2D eigenvalue weighted by Crippen LogP contribution is -2.35. The highest BCUT2D eigenvalue weighted by Crippen LogP contribution is 2.44. The Labute approximate surface area is 234 Å². The van der Waals surface area contributed by atoms with Crippen LogP contribution in [0, 0.1) is 6.92 Å². The molecule has 0 aliphatic carbocycles. The van der Waals surface area contributed by atoms with Crippen molar-refractivity contribution in [2.45, 2.75) is 142 Å². The average molecular weight is 518 g/mol. The summed E-state index contributed by atoms with van der Waals surface area (Å²) in [5.74, 6) is 0.313. The van der Waals surface area contributed by atoms with Gasteiger partial charge in [-0.05, 0) is 43.4 Å². The van der Waals surface area contributed by atoms with E-state index in [2.05, 4.69) is 74.2 Å². The van der Waals surface area contributed by atoms with Crippen molar-refractivity contribution in [3.8, 4) is 0 Å². The highest BCUT2D eigenvalue weighted by molar-refractivity contribution is 5.96. The van der Waals surface area contributed by atoms with Crippen molar-refractivity contribution in [1.82, 2.24) is 0 Å². The molecule has 0 bridgehead atoms. The zero-order valence-corrected chi connectivity index (χ0v) is 24.9. The van der Waals surface area contributed by atoms with Gasteiger partial charge in [-0.2, -0.15) is 0 Å². The van der Waals surface area contributed by atoms with Gasteiger partial charge in [0.1, 0.15) is 0 Å². The standard InChI is InChI=1S/C36H55NO/c1-4-5-6-7-8-9-10-11-12-13-14-15-16-17-21-24-35(38)37-30-36(3,28-27-32-22-19-18-20-23-32)33-29-31(2)25-26-34(33)37/h18-20,22-23,25-26,29H,4-17,21,24,27-28,30H2,1-3H3. The van der Waals surface area contributed by atoms with Crippen molar-refractivity contribution >= 4 is 11.6 Å². The summed E-state index contributed by atoms with van der Waals surface area (Å²) in [6.45, 7) is 7.63. The fraction of sp³-hybridized carbons (Fsp3) is 0.639. The molecular formula is C36H55NO. The van der Waals surface area contributed by atoms with Gasteiger partial charge in [0, 0.05) is 24.1 Å². The van der Waals surface area contributed by atoms with Gasteiger partial charge in [0.25, 0.3) is 0 Å². The SMILES string of the molecule is CCCCCCCCCCCCCCCCCC(=O)N1CC(C)(CCc2ccccc2)c2cc(C)ccc21. The minimum absolute atomic E-state index is 0.0158. The van der Waals surface area contributed by atoms with E-state index in [0.29, 0.717) is 12.3 Å². The summed E-state index contributed by atoms with van der Waals surface area (Å²) < 4.78 is 0. The highest BCUT2D eigenvalue weighted by atomic mass is 16.2. The second-order valence-corrected chi connectivity index (χ2v) is 12.2. The van der Waals surface area contributed by atoms with Gasteiger partial charge in [-0.3, -0.25) is 4.79 Å². The Morgan fingerprint density at radius 2 is 1.32 bits per heavy atom.